The van der Waals surface area contributed by atoms with Crippen LogP contribution in [-0.2, 0) is 16.6 Å². The Morgan fingerprint density at radius 3 is 2.52 bits per heavy atom. The molecular weight excluding hydrogens is 342 g/mol. The lowest BCUT2D eigenvalue weighted by molar-refractivity contribution is 0.390. The minimum Gasteiger partial charge on any atom is -0.360 e. The van der Waals surface area contributed by atoms with E-state index in [9.17, 15) is 13.2 Å². The van der Waals surface area contributed by atoms with Gasteiger partial charge in [-0.25, -0.2) is 13.1 Å². The minimum absolute atomic E-state index is 0.0107. The molecule has 0 atom stereocenters. The number of hydrogen-bond acceptors (Lipinski definition) is 5. The predicted octanol–water partition coefficient (Wildman–Crippen LogP) is 2.23. The molecule has 0 aliphatic carbocycles. The SMILES string of the molecule is Cc1cc(C)c2cc(CNS(=O)(=O)c3c(C)noc3C)c(=O)[nH]c2c1. The first-order valence-electron chi connectivity index (χ1n) is 7.75. The summed E-state index contributed by atoms with van der Waals surface area (Å²) in [5.74, 6) is 0.212. The molecule has 2 heterocycles. The highest BCUT2D eigenvalue weighted by Crippen LogP contribution is 2.20. The van der Waals surface area contributed by atoms with E-state index >= 15 is 0 Å². The van der Waals surface area contributed by atoms with Crippen molar-refractivity contribution in [2.75, 3.05) is 0 Å². The average molecular weight is 361 g/mol. The molecule has 0 bridgehead atoms. The van der Waals surface area contributed by atoms with E-state index in [1.165, 1.54) is 6.92 Å². The molecule has 0 saturated heterocycles. The Balaban J connectivity index is 1.96. The second kappa shape index (κ2) is 6.12. The van der Waals surface area contributed by atoms with Gasteiger partial charge in [0.05, 0.1) is 0 Å². The summed E-state index contributed by atoms with van der Waals surface area (Å²) in [4.78, 5) is 15.1. The van der Waals surface area contributed by atoms with Crippen LogP contribution in [0.3, 0.4) is 0 Å². The van der Waals surface area contributed by atoms with Crippen molar-refractivity contribution in [1.29, 1.82) is 0 Å². The molecule has 2 N–H and O–H groups in total. The number of H-pyrrole nitrogens is 1. The summed E-state index contributed by atoms with van der Waals surface area (Å²) >= 11 is 0. The number of rotatable bonds is 4. The molecule has 25 heavy (non-hydrogen) atoms. The molecule has 3 rings (SSSR count). The third-order valence-corrected chi connectivity index (χ3v) is 5.72. The zero-order valence-corrected chi connectivity index (χ0v) is 15.2. The van der Waals surface area contributed by atoms with Gasteiger partial charge in [-0.2, -0.15) is 0 Å². The monoisotopic (exact) mass is 361 g/mol. The highest BCUT2D eigenvalue weighted by Gasteiger charge is 2.24. The van der Waals surface area contributed by atoms with E-state index in [1.807, 2.05) is 26.0 Å². The van der Waals surface area contributed by atoms with Crippen LogP contribution >= 0.6 is 0 Å². The lowest BCUT2D eigenvalue weighted by Crippen LogP contribution is -2.27. The van der Waals surface area contributed by atoms with Crippen molar-refractivity contribution in [1.82, 2.24) is 14.9 Å². The standard InChI is InChI=1S/C17H19N3O4S/c1-9-5-10(2)14-7-13(17(21)19-15(14)6-9)8-18-25(22,23)16-11(3)20-24-12(16)4/h5-7,18H,8H2,1-4H3,(H,19,21). The summed E-state index contributed by atoms with van der Waals surface area (Å²) in [5, 5.41) is 4.54. The van der Waals surface area contributed by atoms with E-state index < -0.39 is 10.0 Å². The number of aryl methyl sites for hydroxylation is 4. The van der Waals surface area contributed by atoms with E-state index in [0.717, 1.165) is 22.0 Å². The number of pyridine rings is 1. The van der Waals surface area contributed by atoms with Gasteiger partial charge in [0.2, 0.25) is 10.0 Å². The molecule has 0 saturated carbocycles. The fourth-order valence-corrected chi connectivity index (χ4v) is 4.28. The molecule has 0 aliphatic rings. The summed E-state index contributed by atoms with van der Waals surface area (Å²) in [7, 11) is -3.82. The minimum atomic E-state index is -3.82. The second-order valence-electron chi connectivity index (χ2n) is 6.14. The number of nitrogens with one attached hydrogen (secondary N) is 2. The molecule has 0 amide bonds. The highest BCUT2D eigenvalue weighted by molar-refractivity contribution is 7.89. The molecule has 8 heteroatoms. The maximum atomic E-state index is 12.5. The van der Waals surface area contributed by atoms with Gasteiger partial charge in [0.25, 0.3) is 5.56 Å². The Kier molecular flexibility index (Phi) is 4.26. The quantitative estimate of drug-likeness (QED) is 0.741. The highest BCUT2D eigenvalue weighted by atomic mass is 32.2. The van der Waals surface area contributed by atoms with Crippen LogP contribution in [0.15, 0.2) is 32.4 Å². The molecule has 2 aromatic heterocycles. The van der Waals surface area contributed by atoms with Gasteiger partial charge in [-0.15, -0.1) is 0 Å². The van der Waals surface area contributed by atoms with Crippen molar-refractivity contribution < 1.29 is 12.9 Å². The van der Waals surface area contributed by atoms with Gasteiger partial charge >= 0.3 is 0 Å². The molecular formula is C17H19N3O4S. The fraction of sp³-hybridized carbons (Fsp3) is 0.294. The van der Waals surface area contributed by atoms with Gasteiger partial charge in [-0.3, -0.25) is 4.79 Å². The van der Waals surface area contributed by atoms with Gasteiger partial charge in [-0.1, -0.05) is 11.2 Å². The van der Waals surface area contributed by atoms with E-state index in [-0.39, 0.29) is 28.5 Å². The Bertz CT molecular complexity index is 1110. The number of sulfonamides is 1. The maximum absolute atomic E-state index is 12.5. The van der Waals surface area contributed by atoms with E-state index in [2.05, 4.69) is 14.9 Å². The number of aromatic nitrogens is 2. The number of nitrogens with zero attached hydrogens (tertiary/aromatic N) is 1. The Labute approximate surface area is 145 Å². The molecule has 0 fully saturated rings. The van der Waals surface area contributed by atoms with Crippen LogP contribution in [0.4, 0.5) is 0 Å². The molecule has 7 nitrogen and oxygen atoms in total. The normalized spacial score (nSPS) is 12.0. The maximum Gasteiger partial charge on any atom is 0.252 e. The van der Waals surface area contributed by atoms with Gasteiger partial charge in [0.15, 0.2) is 5.76 Å². The lowest BCUT2D eigenvalue weighted by atomic mass is 10.0. The van der Waals surface area contributed by atoms with Gasteiger partial charge in [0.1, 0.15) is 10.6 Å². The van der Waals surface area contributed by atoms with Crippen LogP contribution < -0.4 is 10.3 Å². The number of fused-ring (bicyclic) bond motifs is 1. The third kappa shape index (κ3) is 3.22. The van der Waals surface area contributed by atoms with Crippen LogP contribution in [0.25, 0.3) is 10.9 Å². The smallest absolute Gasteiger partial charge is 0.252 e. The van der Waals surface area contributed by atoms with Crippen molar-refractivity contribution in [3.05, 3.63) is 56.7 Å². The molecule has 0 unspecified atom stereocenters. The van der Waals surface area contributed by atoms with E-state index in [1.54, 1.807) is 13.0 Å². The van der Waals surface area contributed by atoms with Crippen molar-refractivity contribution in [3.8, 4) is 0 Å². The first-order valence-corrected chi connectivity index (χ1v) is 9.23. The molecule has 0 aliphatic heterocycles. The topological polar surface area (TPSA) is 105 Å². The molecule has 0 spiro atoms. The van der Waals surface area contributed by atoms with Crippen LogP contribution in [0.2, 0.25) is 0 Å². The van der Waals surface area contributed by atoms with Crippen LogP contribution in [0.5, 0.6) is 0 Å². The summed E-state index contributed by atoms with van der Waals surface area (Å²) in [5.41, 5.74) is 3.10. The zero-order chi connectivity index (χ0) is 18.4. The van der Waals surface area contributed by atoms with Crippen molar-refractivity contribution in [2.24, 2.45) is 0 Å². The van der Waals surface area contributed by atoms with Crippen LogP contribution in [0.1, 0.15) is 28.1 Å². The fourth-order valence-electron chi connectivity index (χ4n) is 2.95. The predicted molar refractivity (Wildman–Crippen MR) is 94.0 cm³/mol. The average Bonchev–Trinajstić information content (AvgIpc) is 2.85. The largest absolute Gasteiger partial charge is 0.360 e. The van der Waals surface area contributed by atoms with Gasteiger partial charge < -0.3 is 9.51 Å². The zero-order valence-electron chi connectivity index (χ0n) is 14.4. The second-order valence-corrected chi connectivity index (χ2v) is 7.85. The Hall–Kier alpha value is -2.45. The van der Waals surface area contributed by atoms with E-state index in [4.69, 9.17) is 4.52 Å². The summed E-state index contributed by atoms with van der Waals surface area (Å²) < 4.78 is 32.3. The van der Waals surface area contributed by atoms with Crippen LogP contribution in [0, 0.1) is 27.7 Å². The molecule has 3 aromatic rings. The summed E-state index contributed by atoms with van der Waals surface area (Å²) in [6.07, 6.45) is 0. The first kappa shape index (κ1) is 17.4. The van der Waals surface area contributed by atoms with E-state index in [0.29, 0.717) is 5.56 Å². The van der Waals surface area contributed by atoms with Crippen LogP contribution in [-0.4, -0.2) is 18.6 Å². The van der Waals surface area contributed by atoms with Crippen molar-refractivity contribution in [2.45, 2.75) is 39.1 Å². The van der Waals surface area contributed by atoms with Gasteiger partial charge in [-0.05, 0) is 51.0 Å². The molecule has 1 aromatic carbocycles. The molecule has 132 valence electrons. The summed E-state index contributed by atoms with van der Waals surface area (Å²) in [6, 6.07) is 5.62. The van der Waals surface area contributed by atoms with Gasteiger partial charge in [0, 0.05) is 23.0 Å². The third-order valence-electron chi connectivity index (χ3n) is 4.08. The Morgan fingerprint density at radius 1 is 1.16 bits per heavy atom. The van der Waals surface area contributed by atoms with Crippen molar-refractivity contribution in [3.63, 3.8) is 0 Å². The molecule has 0 radical (unpaired) electrons. The number of benzene rings is 1. The number of hydrogen-bond donors (Lipinski definition) is 2. The first-order chi connectivity index (χ1) is 11.7. The summed E-state index contributed by atoms with van der Waals surface area (Å²) in [6.45, 7) is 6.87. The Morgan fingerprint density at radius 2 is 1.88 bits per heavy atom. The number of aromatic amines is 1. The van der Waals surface area contributed by atoms with Crippen molar-refractivity contribution >= 4 is 20.9 Å². The lowest BCUT2D eigenvalue weighted by Gasteiger charge is -2.09.